The lowest BCUT2D eigenvalue weighted by Crippen LogP contribution is -2.47. The molecule has 1 aliphatic heterocycles. The minimum atomic E-state index is -4.75. The van der Waals surface area contributed by atoms with Crippen LogP contribution in [0.5, 0.6) is 0 Å². The fraction of sp³-hybridized carbons (Fsp3) is 0.444. The van der Waals surface area contributed by atoms with Crippen molar-refractivity contribution in [3.05, 3.63) is 59.4 Å². The third-order valence-electron chi connectivity index (χ3n) is 7.50. The second-order valence-electron chi connectivity index (χ2n) is 10.6. The second kappa shape index (κ2) is 11.9. The van der Waals surface area contributed by atoms with Crippen LogP contribution in [0.1, 0.15) is 35.6 Å². The van der Waals surface area contributed by atoms with E-state index in [1.54, 1.807) is 17.0 Å². The van der Waals surface area contributed by atoms with Gasteiger partial charge in [0.1, 0.15) is 15.4 Å². The number of aliphatic carboxylic acids is 1. The number of carbonyl (C=O) groups excluding carboxylic acids is 1. The number of amides is 1. The van der Waals surface area contributed by atoms with Crippen molar-refractivity contribution >= 4 is 33.4 Å². The Morgan fingerprint density at radius 3 is 2.60 bits per heavy atom. The molecule has 1 amide bonds. The van der Waals surface area contributed by atoms with Gasteiger partial charge in [0.25, 0.3) is 10.0 Å². The van der Waals surface area contributed by atoms with Gasteiger partial charge in [0.15, 0.2) is 0 Å². The summed E-state index contributed by atoms with van der Waals surface area (Å²) in [5.74, 6) is -3.30. The van der Waals surface area contributed by atoms with Crippen LogP contribution in [-0.2, 0) is 32.2 Å². The van der Waals surface area contributed by atoms with Crippen molar-refractivity contribution in [2.24, 2.45) is 0 Å². The van der Waals surface area contributed by atoms with Gasteiger partial charge in [-0.25, -0.2) is 13.2 Å². The quantitative estimate of drug-likeness (QED) is 0.314. The molecule has 0 radical (unpaired) electrons. The molecule has 0 unspecified atom stereocenters. The summed E-state index contributed by atoms with van der Waals surface area (Å²) in [6.45, 7) is 3.05. The minimum Gasteiger partial charge on any atom is -0.480 e. The lowest BCUT2D eigenvalue weighted by molar-refractivity contribution is -0.155. The molecule has 2 aliphatic rings. The molecule has 232 valence electrons. The fourth-order valence-corrected chi connectivity index (χ4v) is 7.62. The standard InChI is InChI=1S/C27H29F3N4O7S2/c1-33-9-11-34(12-10-33)25(37)40-13-3-5-17-4-2-6-18(14-17)19-16-26(19,24(35)36)32-43(38,39)23-8-7-21(42-23)20-15-22(41-31-20)27(28,29)30/h2,4,6-8,14-15,19,32H,3,5,9-13,16H2,1H3,(H,35,36)/t19-,26+/m1/s1. The third-order valence-corrected chi connectivity index (χ3v) is 10.6. The molecule has 11 nitrogen and oxygen atoms in total. The van der Waals surface area contributed by atoms with E-state index in [1.807, 2.05) is 19.2 Å². The number of hydrogen-bond acceptors (Lipinski definition) is 9. The highest BCUT2D eigenvalue weighted by atomic mass is 32.2. The van der Waals surface area contributed by atoms with Gasteiger partial charge in [-0.3, -0.25) is 4.79 Å². The lowest BCUT2D eigenvalue weighted by atomic mass is 10.0. The molecule has 2 fully saturated rings. The number of hydrogen-bond donors (Lipinski definition) is 2. The van der Waals surface area contributed by atoms with E-state index in [1.165, 1.54) is 12.1 Å². The number of carboxylic acid groups (broad SMARTS) is 1. The Bertz CT molecular complexity index is 1600. The van der Waals surface area contributed by atoms with Gasteiger partial charge in [0.2, 0.25) is 5.76 Å². The van der Waals surface area contributed by atoms with E-state index >= 15 is 0 Å². The van der Waals surface area contributed by atoms with Crippen molar-refractivity contribution in [3.8, 4) is 10.6 Å². The summed E-state index contributed by atoms with van der Waals surface area (Å²) >= 11 is 0.645. The monoisotopic (exact) mass is 642 g/mol. The van der Waals surface area contributed by atoms with Crippen molar-refractivity contribution in [2.45, 2.75) is 41.1 Å². The van der Waals surface area contributed by atoms with E-state index < -0.39 is 39.4 Å². The van der Waals surface area contributed by atoms with Crippen LogP contribution in [0.4, 0.5) is 18.0 Å². The summed E-state index contributed by atoms with van der Waals surface area (Å²) in [4.78, 5) is 28.5. The first-order chi connectivity index (χ1) is 20.3. The maximum Gasteiger partial charge on any atom is 0.452 e. The number of aryl methyl sites for hydroxylation is 1. The first kappa shape index (κ1) is 31.0. The highest BCUT2D eigenvalue weighted by molar-refractivity contribution is 7.91. The Labute approximate surface area is 249 Å². The van der Waals surface area contributed by atoms with E-state index in [4.69, 9.17) is 4.74 Å². The Balaban J connectivity index is 1.20. The van der Waals surface area contributed by atoms with Crippen LogP contribution in [-0.4, -0.2) is 85.9 Å². The zero-order valence-corrected chi connectivity index (χ0v) is 24.6. The number of sulfonamides is 1. The number of nitrogens with one attached hydrogen (secondary N) is 1. The number of thiophene rings is 1. The molecule has 2 N–H and O–H groups in total. The topological polar surface area (TPSA) is 142 Å². The minimum absolute atomic E-state index is 0.0180. The van der Waals surface area contributed by atoms with E-state index in [0.717, 1.165) is 18.7 Å². The number of halogens is 3. The Morgan fingerprint density at radius 1 is 1.19 bits per heavy atom. The number of carboxylic acids is 1. The fourth-order valence-electron chi connectivity index (χ4n) is 4.96. The number of benzene rings is 1. The van der Waals surface area contributed by atoms with E-state index in [0.29, 0.717) is 48.9 Å². The molecular weight excluding hydrogens is 613 g/mol. The maximum atomic E-state index is 13.2. The van der Waals surface area contributed by atoms with Crippen LogP contribution >= 0.6 is 11.3 Å². The van der Waals surface area contributed by atoms with E-state index in [-0.39, 0.29) is 33.9 Å². The van der Waals surface area contributed by atoms with Crippen LogP contribution in [0.15, 0.2) is 51.2 Å². The van der Waals surface area contributed by atoms with Crippen molar-refractivity contribution in [3.63, 3.8) is 0 Å². The number of rotatable bonds is 10. The SMILES string of the molecule is CN1CCN(C(=O)OCCCc2cccc([C@H]3C[C@@]3(NS(=O)(=O)c3ccc(-c4cc(C(F)(F)F)on4)s3)C(=O)O)c2)CC1. The third kappa shape index (κ3) is 6.87. The van der Waals surface area contributed by atoms with Crippen molar-refractivity contribution in [1.82, 2.24) is 19.7 Å². The van der Waals surface area contributed by atoms with Crippen LogP contribution in [0, 0.1) is 0 Å². The first-order valence-electron chi connectivity index (χ1n) is 13.4. The summed E-state index contributed by atoms with van der Waals surface area (Å²) in [6.07, 6.45) is -3.95. The molecule has 16 heteroatoms. The van der Waals surface area contributed by atoms with Gasteiger partial charge in [-0.2, -0.15) is 17.9 Å². The van der Waals surface area contributed by atoms with Gasteiger partial charge in [-0.05, 0) is 49.6 Å². The number of carbonyl (C=O) groups is 2. The van der Waals surface area contributed by atoms with Gasteiger partial charge in [-0.1, -0.05) is 29.4 Å². The van der Waals surface area contributed by atoms with Gasteiger partial charge in [-0.15, -0.1) is 11.3 Å². The molecule has 3 aromatic rings. The molecule has 1 saturated carbocycles. The second-order valence-corrected chi connectivity index (χ2v) is 13.6. The number of nitrogens with zero attached hydrogens (tertiary/aromatic N) is 3. The average Bonchev–Trinajstić information content (AvgIpc) is 3.29. The molecule has 1 aliphatic carbocycles. The van der Waals surface area contributed by atoms with Crippen LogP contribution in [0.2, 0.25) is 0 Å². The van der Waals surface area contributed by atoms with Crippen LogP contribution in [0.25, 0.3) is 10.6 Å². The Kier molecular flexibility index (Phi) is 8.57. The molecule has 0 bridgehead atoms. The molecule has 1 aromatic carbocycles. The predicted octanol–water partition coefficient (Wildman–Crippen LogP) is 4.03. The maximum absolute atomic E-state index is 13.2. The molecule has 1 saturated heterocycles. The van der Waals surface area contributed by atoms with E-state index in [2.05, 4.69) is 19.3 Å². The Hall–Kier alpha value is -3.47. The summed E-state index contributed by atoms with van der Waals surface area (Å²) in [5, 5.41) is 13.4. The summed E-state index contributed by atoms with van der Waals surface area (Å²) < 4.78 is 76.6. The number of alkyl halides is 3. The van der Waals surface area contributed by atoms with Crippen LogP contribution in [0.3, 0.4) is 0 Å². The van der Waals surface area contributed by atoms with Crippen molar-refractivity contribution in [1.29, 1.82) is 0 Å². The van der Waals surface area contributed by atoms with Crippen molar-refractivity contribution < 1.29 is 45.5 Å². The number of aromatic nitrogens is 1. The summed E-state index contributed by atoms with van der Waals surface area (Å²) in [7, 11) is -2.35. The molecule has 5 rings (SSSR count). The highest BCUT2D eigenvalue weighted by Gasteiger charge is 2.63. The Morgan fingerprint density at radius 2 is 1.93 bits per heavy atom. The van der Waals surface area contributed by atoms with Crippen molar-refractivity contribution in [2.75, 3.05) is 39.8 Å². The summed E-state index contributed by atoms with van der Waals surface area (Å²) in [5.41, 5.74) is -0.444. The van der Waals surface area contributed by atoms with Gasteiger partial charge in [0.05, 0.1) is 11.5 Å². The number of likely N-dealkylation sites (N-methyl/N-ethyl adjacent to an activating group) is 1. The average molecular weight is 643 g/mol. The molecule has 43 heavy (non-hydrogen) atoms. The number of ether oxygens (including phenoxy) is 1. The van der Waals surface area contributed by atoms with Gasteiger partial charge < -0.3 is 24.2 Å². The molecule has 2 atom stereocenters. The predicted molar refractivity (Wildman–Crippen MR) is 148 cm³/mol. The van der Waals surface area contributed by atoms with Gasteiger partial charge in [0, 0.05) is 38.2 Å². The molecular formula is C27H29F3N4O7S2. The molecule has 3 heterocycles. The number of piperazine rings is 1. The van der Waals surface area contributed by atoms with Gasteiger partial charge >= 0.3 is 18.2 Å². The zero-order valence-electron chi connectivity index (χ0n) is 23.0. The van der Waals surface area contributed by atoms with E-state index in [9.17, 15) is 36.3 Å². The molecule has 2 aromatic heterocycles. The normalized spacial score (nSPS) is 21.1. The lowest BCUT2D eigenvalue weighted by Gasteiger charge is -2.31. The summed E-state index contributed by atoms with van der Waals surface area (Å²) in [6, 6.07) is 10.3. The largest absolute Gasteiger partial charge is 0.480 e. The highest BCUT2D eigenvalue weighted by Crippen LogP contribution is 2.53. The first-order valence-corrected chi connectivity index (χ1v) is 15.7. The van der Waals surface area contributed by atoms with Crippen LogP contribution < -0.4 is 4.72 Å². The smallest absolute Gasteiger partial charge is 0.452 e. The zero-order chi connectivity index (χ0) is 31.0. The molecule has 0 spiro atoms.